The molecule has 1 aromatic heterocycles. The molecule has 22 heavy (non-hydrogen) atoms. The van der Waals surface area contributed by atoms with E-state index in [-0.39, 0.29) is 11.9 Å². The van der Waals surface area contributed by atoms with Gasteiger partial charge in [-0.2, -0.15) is 5.26 Å². The predicted molar refractivity (Wildman–Crippen MR) is 81.5 cm³/mol. The van der Waals surface area contributed by atoms with Crippen LogP contribution in [0.1, 0.15) is 31.4 Å². The maximum Gasteiger partial charge on any atom is 0.167 e. The lowest BCUT2D eigenvalue weighted by atomic mass is 10.2. The first kappa shape index (κ1) is 14.3. The molecule has 1 aliphatic rings. The summed E-state index contributed by atoms with van der Waals surface area (Å²) in [5, 5.41) is 11.8. The van der Waals surface area contributed by atoms with Gasteiger partial charge in [0.1, 0.15) is 17.6 Å². The van der Waals surface area contributed by atoms with E-state index in [1.165, 1.54) is 6.07 Å². The Morgan fingerprint density at radius 2 is 2.05 bits per heavy atom. The lowest BCUT2D eigenvalue weighted by Crippen LogP contribution is -2.11. The molecular formula is C17H16FN3O. The second kappa shape index (κ2) is 6.44. The van der Waals surface area contributed by atoms with Gasteiger partial charge >= 0.3 is 0 Å². The lowest BCUT2D eigenvalue weighted by Gasteiger charge is -2.14. The van der Waals surface area contributed by atoms with Crippen LogP contribution < -0.4 is 10.1 Å². The van der Waals surface area contributed by atoms with Gasteiger partial charge in [-0.05, 0) is 49.9 Å². The largest absolute Gasteiger partial charge is 0.487 e. The number of anilines is 2. The number of pyridine rings is 1. The number of ether oxygens (including phenoxy) is 1. The Bertz CT molecular complexity index is 705. The van der Waals surface area contributed by atoms with Gasteiger partial charge in [0.2, 0.25) is 0 Å². The molecule has 0 saturated heterocycles. The summed E-state index contributed by atoms with van der Waals surface area (Å²) in [7, 11) is 0. The molecule has 1 N–H and O–H groups in total. The third-order valence-corrected chi connectivity index (χ3v) is 3.66. The maximum absolute atomic E-state index is 14.1. The SMILES string of the molecule is N#Cc1cccc(Nc2ccc(OC3CCCC3)c(F)c2)n1. The van der Waals surface area contributed by atoms with Crippen molar-refractivity contribution in [3.05, 3.63) is 47.9 Å². The van der Waals surface area contributed by atoms with Crippen molar-refractivity contribution in [3.63, 3.8) is 0 Å². The smallest absolute Gasteiger partial charge is 0.167 e. The zero-order valence-corrected chi connectivity index (χ0v) is 12.1. The first-order valence-electron chi connectivity index (χ1n) is 7.35. The minimum Gasteiger partial charge on any atom is -0.487 e. The standard InChI is InChI=1S/C17H16FN3O/c18-15-10-12(20-17-7-3-4-13(11-19)21-17)8-9-16(15)22-14-5-1-2-6-14/h3-4,7-10,14H,1-2,5-6H2,(H,20,21). The van der Waals surface area contributed by atoms with E-state index in [1.807, 2.05) is 6.07 Å². The molecule has 0 unspecified atom stereocenters. The summed E-state index contributed by atoms with van der Waals surface area (Å²) >= 11 is 0. The second-order valence-corrected chi connectivity index (χ2v) is 5.31. The lowest BCUT2D eigenvalue weighted by molar-refractivity contribution is 0.201. The Labute approximate surface area is 128 Å². The zero-order chi connectivity index (χ0) is 15.4. The summed E-state index contributed by atoms with van der Waals surface area (Å²) in [4.78, 5) is 4.10. The van der Waals surface area contributed by atoms with E-state index >= 15 is 0 Å². The van der Waals surface area contributed by atoms with Crippen LogP contribution in [0.15, 0.2) is 36.4 Å². The van der Waals surface area contributed by atoms with Gasteiger partial charge in [0.05, 0.1) is 6.10 Å². The minimum absolute atomic E-state index is 0.127. The number of benzene rings is 1. The van der Waals surface area contributed by atoms with Crippen molar-refractivity contribution in [1.29, 1.82) is 5.26 Å². The van der Waals surface area contributed by atoms with Crippen molar-refractivity contribution >= 4 is 11.5 Å². The van der Waals surface area contributed by atoms with Gasteiger partial charge in [-0.1, -0.05) is 6.07 Å². The average Bonchev–Trinajstić information content (AvgIpc) is 3.03. The van der Waals surface area contributed by atoms with Crippen molar-refractivity contribution < 1.29 is 9.13 Å². The summed E-state index contributed by atoms with van der Waals surface area (Å²) in [6.45, 7) is 0. The molecule has 0 amide bonds. The Kier molecular flexibility index (Phi) is 4.19. The van der Waals surface area contributed by atoms with Crippen LogP contribution in [0.4, 0.5) is 15.9 Å². The van der Waals surface area contributed by atoms with Gasteiger partial charge < -0.3 is 10.1 Å². The summed E-state index contributed by atoms with van der Waals surface area (Å²) < 4.78 is 19.8. The van der Waals surface area contributed by atoms with Crippen molar-refractivity contribution in [1.82, 2.24) is 4.98 Å². The molecule has 0 radical (unpaired) electrons. The molecule has 0 atom stereocenters. The van der Waals surface area contributed by atoms with Gasteiger partial charge in [0, 0.05) is 11.8 Å². The van der Waals surface area contributed by atoms with Crippen molar-refractivity contribution in [3.8, 4) is 11.8 Å². The van der Waals surface area contributed by atoms with Crippen molar-refractivity contribution in [2.24, 2.45) is 0 Å². The third-order valence-electron chi connectivity index (χ3n) is 3.66. The van der Waals surface area contributed by atoms with Crippen molar-refractivity contribution in [2.75, 3.05) is 5.32 Å². The molecule has 1 saturated carbocycles. The minimum atomic E-state index is -0.395. The van der Waals surface area contributed by atoms with Crippen LogP contribution in [-0.2, 0) is 0 Å². The molecular weight excluding hydrogens is 281 g/mol. The van der Waals surface area contributed by atoms with E-state index in [9.17, 15) is 4.39 Å². The molecule has 1 heterocycles. The first-order valence-corrected chi connectivity index (χ1v) is 7.35. The van der Waals surface area contributed by atoms with E-state index in [4.69, 9.17) is 10.00 Å². The summed E-state index contributed by atoms with van der Waals surface area (Å²) in [6, 6.07) is 11.8. The number of hydrogen-bond acceptors (Lipinski definition) is 4. The average molecular weight is 297 g/mol. The van der Waals surface area contributed by atoms with E-state index in [0.717, 1.165) is 25.7 Å². The van der Waals surface area contributed by atoms with Gasteiger partial charge in [0.25, 0.3) is 0 Å². The molecule has 0 bridgehead atoms. The fraction of sp³-hybridized carbons (Fsp3) is 0.294. The highest BCUT2D eigenvalue weighted by atomic mass is 19.1. The second-order valence-electron chi connectivity index (χ2n) is 5.31. The Balaban J connectivity index is 1.72. The fourth-order valence-corrected chi connectivity index (χ4v) is 2.57. The van der Waals surface area contributed by atoms with E-state index in [0.29, 0.717) is 17.2 Å². The summed E-state index contributed by atoms with van der Waals surface area (Å²) in [6.07, 6.45) is 4.40. The molecule has 0 spiro atoms. The molecule has 1 aliphatic carbocycles. The van der Waals surface area contributed by atoms with Crippen molar-refractivity contribution in [2.45, 2.75) is 31.8 Å². The molecule has 0 aliphatic heterocycles. The van der Waals surface area contributed by atoms with Gasteiger partial charge in [-0.3, -0.25) is 0 Å². The molecule has 2 aromatic rings. The van der Waals surface area contributed by atoms with Crippen LogP contribution in [-0.4, -0.2) is 11.1 Å². The van der Waals surface area contributed by atoms with Crippen LogP contribution in [0.5, 0.6) is 5.75 Å². The Morgan fingerprint density at radius 1 is 1.23 bits per heavy atom. The maximum atomic E-state index is 14.1. The summed E-state index contributed by atoms with van der Waals surface area (Å²) in [5.41, 5.74) is 0.880. The first-order chi connectivity index (χ1) is 10.7. The number of nitrogens with one attached hydrogen (secondary N) is 1. The number of aromatic nitrogens is 1. The highest BCUT2D eigenvalue weighted by molar-refractivity contribution is 5.58. The highest BCUT2D eigenvalue weighted by Gasteiger charge is 2.18. The highest BCUT2D eigenvalue weighted by Crippen LogP contribution is 2.28. The number of nitrogens with zero attached hydrogens (tertiary/aromatic N) is 2. The van der Waals surface area contributed by atoms with Crippen LogP contribution in [0, 0.1) is 17.1 Å². The monoisotopic (exact) mass is 297 g/mol. The van der Waals surface area contributed by atoms with E-state index in [2.05, 4.69) is 10.3 Å². The molecule has 3 rings (SSSR count). The number of nitriles is 1. The van der Waals surface area contributed by atoms with Crippen LogP contribution in [0.3, 0.4) is 0 Å². The number of halogens is 1. The van der Waals surface area contributed by atoms with Gasteiger partial charge in [0.15, 0.2) is 11.6 Å². The van der Waals surface area contributed by atoms with Crippen LogP contribution in [0.25, 0.3) is 0 Å². The van der Waals surface area contributed by atoms with Crippen LogP contribution >= 0.6 is 0 Å². The molecule has 1 aromatic carbocycles. The molecule has 112 valence electrons. The molecule has 5 heteroatoms. The fourth-order valence-electron chi connectivity index (χ4n) is 2.57. The Morgan fingerprint density at radius 3 is 2.77 bits per heavy atom. The normalized spacial score (nSPS) is 14.5. The predicted octanol–water partition coefficient (Wildman–Crippen LogP) is 4.16. The zero-order valence-electron chi connectivity index (χ0n) is 12.1. The van der Waals surface area contributed by atoms with E-state index < -0.39 is 5.82 Å². The van der Waals surface area contributed by atoms with Gasteiger partial charge in [-0.15, -0.1) is 0 Å². The van der Waals surface area contributed by atoms with Crippen LogP contribution in [0.2, 0.25) is 0 Å². The van der Waals surface area contributed by atoms with Gasteiger partial charge in [-0.25, -0.2) is 9.37 Å². The Hall–Kier alpha value is -2.61. The number of rotatable bonds is 4. The topological polar surface area (TPSA) is 57.9 Å². The van der Waals surface area contributed by atoms with E-state index in [1.54, 1.807) is 30.3 Å². The summed E-state index contributed by atoms with van der Waals surface area (Å²) in [5.74, 6) is 0.396. The third kappa shape index (κ3) is 3.34. The quantitative estimate of drug-likeness (QED) is 0.920. The number of hydrogen-bond donors (Lipinski definition) is 1. The molecule has 4 nitrogen and oxygen atoms in total. The molecule has 1 fully saturated rings.